The van der Waals surface area contributed by atoms with Crippen LogP contribution in [-0.4, -0.2) is 59.7 Å². The summed E-state index contributed by atoms with van der Waals surface area (Å²) in [6.07, 6.45) is -6.31. The van der Waals surface area contributed by atoms with Crippen LogP contribution < -0.4 is 10.6 Å². The molecule has 3 amide bonds. The van der Waals surface area contributed by atoms with Gasteiger partial charge in [0.15, 0.2) is 0 Å². The smallest absolute Gasteiger partial charge is 0.255 e. The summed E-state index contributed by atoms with van der Waals surface area (Å²) >= 11 is 0. The third kappa shape index (κ3) is 4.62. The Morgan fingerprint density at radius 1 is 1.09 bits per heavy atom. The fourth-order valence-electron chi connectivity index (χ4n) is 3.45. The lowest BCUT2D eigenvalue weighted by Gasteiger charge is -2.29. The largest absolute Gasteiger partial charge is 0.381 e. The van der Waals surface area contributed by atoms with Gasteiger partial charge in [0, 0.05) is 69.4 Å². The highest BCUT2D eigenvalue weighted by Gasteiger charge is 2.39. The number of benzene rings is 2. The highest BCUT2D eigenvalue weighted by atomic mass is 16.5. The van der Waals surface area contributed by atoms with Gasteiger partial charge in [0.05, 0.1) is 21.3 Å². The molecule has 2 aromatic rings. The molecule has 33 heavy (non-hydrogen) atoms. The normalized spacial score (nSPS) is 38.4. The Bertz CT molecular complexity index is 1710. The molecular formula is C25H28N4O4. The molecule has 0 aliphatic carbocycles. The average molecular weight is 465 g/mol. The van der Waals surface area contributed by atoms with Crippen molar-refractivity contribution in [3.63, 3.8) is 0 Å². The van der Waals surface area contributed by atoms with E-state index in [1.165, 1.54) is 18.2 Å². The summed E-state index contributed by atoms with van der Waals surface area (Å²) in [5, 5.41) is 4.35. The maximum Gasteiger partial charge on any atom is 0.255 e. The molecule has 1 atom stereocenters. The van der Waals surface area contributed by atoms with E-state index in [0.717, 1.165) is 29.2 Å². The SMILES string of the molecule is [2H]C([2H])(Nc1cccc2c1CN([C@H]1C(=O)NC(=O)C([2H])([2H])C1([2H])[2H])C2=O)c1ccc(C([2H])([2H])N2C([2H])([2H])C([2H])([2H])OC([2H])([2H])C2([2H])[2H])cc1. The quantitative estimate of drug-likeness (QED) is 0.635. The van der Waals surface area contributed by atoms with E-state index in [2.05, 4.69) is 10.1 Å². The molecule has 8 nitrogen and oxygen atoms in total. The number of fused-ring (bicyclic) bond motifs is 1. The van der Waals surface area contributed by atoms with Gasteiger partial charge in [-0.05, 0) is 29.6 Å². The van der Waals surface area contributed by atoms with Crippen molar-refractivity contribution in [3.05, 3.63) is 64.7 Å². The predicted molar refractivity (Wildman–Crippen MR) is 122 cm³/mol. The molecule has 172 valence electrons. The minimum Gasteiger partial charge on any atom is -0.381 e. The molecule has 2 N–H and O–H groups in total. The van der Waals surface area contributed by atoms with Crippen LogP contribution in [0.3, 0.4) is 0 Å². The minimum atomic E-state index is -3.55. The lowest BCUT2D eigenvalue weighted by molar-refractivity contribution is -0.136. The van der Waals surface area contributed by atoms with E-state index in [0.29, 0.717) is 0 Å². The van der Waals surface area contributed by atoms with Crippen molar-refractivity contribution in [3.8, 4) is 0 Å². The van der Waals surface area contributed by atoms with Crippen molar-refractivity contribution in [2.45, 2.75) is 38.3 Å². The van der Waals surface area contributed by atoms with Gasteiger partial charge in [-0.15, -0.1) is 0 Å². The molecule has 3 aliphatic rings. The van der Waals surface area contributed by atoms with E-state index in [1.54, 1.807) is 5.32 Å². The summed E-state index contributed by atoms with van der Waals surface area (Å²) in [5.74, 6) is -3.61. The second kappa shape index (κ2) is 9.33. The first-order valence-electron chi connectivity index (χ1n) is 17.7. The molecule has 8 heteroatoms. The number of carbonyl (C=O) groups excluding carboxylic acids is 3. The fraction of sp³-hybridized carbons (Fsp3) is 0.400. The zero-order valence-corrected chi connectivity index (χ0v) is 16.9. The van der Waals surface area contributed by atoms with Crippen LogP contribution in [0.4, 0.5) is 5.69 Å². The summed E-state index contributed by atoms with van der Waals surface area (Å²) in [6, 6.07) is 6.11. The molecule has 2 aromatic carbocycles. The zero-order chi connectivity index (χ0) is 37.1. The van der Waals surface area contributed by atoms with Gasteiger partial charge in [-0.1, -0.05) is 30.3 Å². The summed E-state index contributed by atoms with van der Waals surface area (Å²) < 4.78 is 135. The van der Waals surface area contributed by atoms with Crippen molar-refractivity contribution in [2.75, 3.05) is 31.4 Å². The standard InChI is InChI=1S/C25H28N4O4/c30-23-9-8-22(24(31)27-23)29-16-20-19(25(29)32)2-1-3-21(20)26-14-17-4-6-18(7-5-17)15-28-10-12-33-13-11-28/h1-7,22,26H,8-16H2,(H,27,30,31)/t22-/m1/s1/i8D2,9D2,10D2,11D2,12D2,13D2,14D2,15D2. The van der Waals surface area contributed by atoms with Crippen LogP contribution in [0.1, 0.15) is 61.7 Å². The van der Waals surface area contributed by atoms with E-state index in [-0.39, 0.29) is 27.3 Å². The third-order valence-electron chi connectivity index (χ3n) is 5.00. The van der Waals surface area contributed by atoms with E-state index in [1.807, 2.05) is 0 Å². The predicted octanol–water partition coefficient (Wildman–Crippen LogP) is 1.89. The zero-order valence-electron chi connectivity index (χ0n) is 32.9. The van der Waals surface area contributed by atoms with E-state index in [4.69, 9.17) is 21.9 Å². The van der Waals surface area contributed by atoms with Crippen LogP contribution in [0.2, 0.25) is 0 Å². The first-order chi connectivity index (χ1) is 22.1. The third-order valence-corrected chi connectivity index (χ3v) is 5.00. The summed E-state index contributed by atoms with van der Waals surface area (Å²) in [7, 11) is 0. The summed E-state index contributed by atoms with van der Waals surface area (Å²) in [4.78, 5) is 38.6. The van der Waals surface area contributed by atoms with Crippen molar-refractivity contribution in [1.29, 1.82) is 0 Å². The fourth-order valence-corrected chi connectivity index (χ4v) is 3.45. The highest BCUT2D eigenvalue weighted by Crippen LogP contribution is 2.32. The maximum absolute atomic E-state index is 13.3. The van der Waals surface area contributed by atoms with Gasteiger partial charge in [-0.25, -0.2) is 0 Å². The lowest BCUT2D eigenvalue weighted by Crippen LogP contribution is -2.52. The van der Waals surface area contributed by atoms with Gasteiger partial charge >= 0.3 is 0 Å². The molecule has 0 saturated carbocycles. The first-order valence-corrected chi connectivity index (χ1v) is 9.74. The number of hydrogen-bond donors (Lipinski definition) is 2. The Morgan fingerprint density at radius 3 is 2.64 bits per heavy atom. The number of ether oxygens (including phenoxy) is 1. The topological polar surface area (TPSA) is 91.0 Å². The van der Waals surface area contributed by atoms with Crippen LogP contribution in [-0.2, 0) is 33.9 Å². The molecule has 0 spiro atoms. The van der Waals surface area contributed by atoms with Crippen molar-refractivity contribution < 1.29 is 41.1 Å². The van der Waals surface area contributed by atoms with Gasteiger partial charge in [-0.3, -0.25) is 24.6 Å². The van der Waals surface area contributed by atoms with Gasteiger partial charge < -0.3 is 15.0 Å². The van der Waals surface area contributed by atoms with Crippen LogP contribution >= 0.6 is 0 Å². The van der Waals surface area contributed by atoms with E-state index >= 15 is 0 Å². The Kier molecular flexibility index (Phi) is 2.81. The molecule has 0 radical (unpaired) electrons. The second-order valence-corrected chi connectivity index (χ2v) is 7.06. The Balaban J connectivity index is 1.44. The molecule has 0 bridgehead atoms. The van der Waals surface area contributed by atoms with E-state index in [9.17, 15) is 14.4 Å². The van der Waals surface area contributed by atoms with E-state index < -0.39 is 87.7 Å². The molecule has 5 rings (SSSR count). The Hall–Kier alpha value is -3.23. The number of hydrogen-bond acceptors (Lipinski definition) is 6. The summed E-state index contributed by atoms with van der Waals surface area (Å²) in [5.41, 5.74) is -0.592. The minimum absolute atomic E-state index is 0.00722. The van der Waals surface area contributed by atoms with Gasteiger partial charge in [0.2, 0.25) is 11.8 Å². The molecule has 2 saturated heterocycles. The number of morpholine rings is 1. The van der Waals surface area contributed by atoms with Crippen LogP contribution in [0.5, 0.6) is 0 Å². The van der Waals surface area contributed by atoms with Crippen LogP contribution in [0.25, 0.3) is 0 Å². The molecular weight excluding hydrogens is 420 g/mol. The second-order valence-electron chi connectivity index (χ2n) is 7.06. The lowest BCUT2D eigenvalue weighted by atomic mass is 10.0. The number of carbonyl (C=O) groups is 3. The van der Waals surface area contributed by atoms with Crippen molar-refractivity contribution in [1.82, 2.24) is 15.1 Å². The highest BCUT2D eigenvalue weighted by molar-refractivity contribution is 6.06. The monoisotopic (exact) mass is 464 g/mol. The van der Waals surface area contributed by atoms with Crippen molar-refractivity contribution in [2.24, 2.45) is 0 Å². The molecule has 3 heterocycles. The van der Waals surface area contributed by atoms with Gasteiger partial charge in [0.25, 0.3) is 5.91 Å². The number of imide groups is 1. The Labute approximate surface area is 215 Å². The number of nitrogens with one attached hydrogen (secondary N) is 2. The van der Waals surface area contributed by atoms with Crippen molar-refractivity contribution >= 4 is 23.4 Å². The Morgan fingerprint density at radius 2 is 1.85 bits per heavy atom. The number of rotatable bonds is 6. The first kappa shape index (κ1) is 9.95. The molecule has 2 fully saturated rings. The molecule has 3 aliphatic heterocycles. The number of piperidine rings is 1. The summed E-state index contributed by atoms with van der Waals surface area (Å²) in [6.45, 7) is -20.3. The molecule has 0 unspecified atom stereocenters. The van der Waals surface area contributed by atoms with Gasteiger partial charge in [-0.2, -0.15) is 0 Å². The maximum atomic E-state index is 13.3. The van der Waals surface area contributed by atoms with Crippen LogP contribution in [0.15, 0.2) is 42.5 Å². The average Bonchev–Trinajstić information content (AvgIpc) is 3.27. The molecule has 0 aromatic heterocycles. The van der Waals surface area contributed by atoms with Gasteiger partial charge in [0.1, 0.15) is 6.04 Å². The number of nitrogens with zero attached hydrogens (tertiary/aromatic N) is 2. The number of anilines is 1. The number of amides is 3. The van der Waals surface area contributed by atoms with Crippen LogP contribution in [0, 0.1) is 0 Å².